The lowest BCUT2D eigenvalue weighted by atomic mass is 10.2. The van der Waals surface area contributed by atoms with Gasteiger partial charge in [-0.1, -0.05) is 0 Å². The molecule has 1 aliphatic rings. The molecule has 2 heteroatoms. The maximum absolute atomic E-state index is 9.13. The molecule has 0 bridgehead atoms. The summed E-state index contributed by atoms with van der Waals surface area (Å²) in [7, 11) is 2.04. The molecule has 1 unspecified atom stereocenters. The van der Waals surface area contributed by atoms with Crippen LogP contribution < -0.4 is 0 Å². The lowest BCUT2D eigenvalue weighted by Crippen LogP contribution is -2.28. The van der Waals surface area contributed by atoms with Crippen LogP contribution in [0.1, 0.15) is 13.3 Å². The summed E-state index contributed by atoms with van der Waals surface area (Å²) in [5.41, 5.74) is 0. The normalized spacial score (nSPS) is 40.9. The number of rotatable bonds is 0. The zero-order valence-corrected chi connectivity index (χ0v) is 5.46. The van der Waals surface area contributed by atoms with E-state index < -0.39 is 0 Å². The molecule has 0 spiro atoms. The van der Waals surface area contributed by atoms with Crippen LogP contribution in [0.2, 0.25) is 0 Å². The SMILES string of the molecule is CC1[C@H](O)CCN1C. The van der Waals surface area contributed by atoms with E-state index in [1.165, 1.54) is 0 Å². The molecule has 0 aromatic carbocycles. The third-order valence-electron chi connectivity index (χ3n) is 2.03. The lowest BCUT2D eigenvalue weighted by Gasteiger charge is -2.15. The van der Waals surface area contributed by atoms with Gasteiger partial charge in [-0.05, 0) is 20.4 Å². The molecular weight excluding hydrogens is 102 g/mol. The average molecular weight is 115 g/mol. The van der Waals surface area contributed by atoms with Crippen LogP contribution in [0.25, 0.3) is 0 Å². The highest BCUT2D eigenvalue weighted by Crippen LogP contribution is 2.13. The van der Waals surface area contributed by atoms with Crippen LogP contribution >= 0.6 is 0 Å². The van der Waals surface area contributed by atoms with Crippen molar-refractivity contribution in [3.8, 4) is 0 Å². The molecule has 1 heterocycles. The van der Waals surface area contributed by atoms with Crippen molar-refractivity contribution in [1.82, 2.24) is 4.90 Å². The molecule has 2 atom stereocenters. The van der Waals surface area contributed by atoms with E-state index in [4.69, 9.17) is 5.11 Å². The molecule has 0 amide bonds. The monoisotopic (exact) mass is 115 g/mol. The van der Waals surface area contributed by atoms with Crippen LogP contribution in [-0.2, 0) is 0 Å². The van der Waals surface area contributed by atoms with Gasteiger partial charge in [-0.3, -0.25) is 0 Å². The number of hydrogen-bond donors (Lipinski definition) is 1. The Morgan fingerprint density at radius 2 is 2.25 bits per heavy atom. The zero-order chi connectivity index (χ0) is 6.15. The predicted molar refractivity (Wildman–Crippen MR) is 32.7 cm³/mol. The Hall–Kier alpha value is -0.0800. The molecule has 48 valence electrons. The molecule has 0 aliphatic carbocycles. The summed E-state index contributed by atoms with van der Waals surface area (Å²) in [5.74, 6) is 0. The second-order valence-electron chi connectivity index (χ2n) is 2.58. The number of aliphatic hydroxyl groups excluding tert-OH is 1. The van der Waals surface area contributed by atoms with Gasteiger partial charge in [-0.25, -0.2) is 0 Å². The molecule has 2 nitrogen and oxygen atoms in total. The maximum Gasteiger partial charge on any atom is 0.0704 e. The van der Waals surface area contributed by atoms with Crippen molar-refractivity contribution in [2.24, 2.45) is 0 Å². The van der Waals surface area contributed by atoms with Gasteiger partial charge in [0.2, 0.25) is 0 Å². The zero-order valence-electron chi connectivity index (χ0n) is 5.46. The molecule has 0 aromatic heterocycles. The fourth-order valence-electron chi connectivity index (χ4n) is 1.07. The highest BCUT2D eigenvalue weighted by molar-refractivity contribution is 4.80. The first-order valence-electron chi connectivity index (χ1n) is 3.10. The van der Waals surface area contributed by atoms with E-state index in [9.17, 15) is 0 Å². The first kappa shape index (κ1) is 6.05. The topological polar surface area (TPSA) is 23.5 Å². The maximum atomic E-state index is 9.13. The van der Waals surface area contributed by atoms with Gasteiger partial charge in [0.1, 0.15) is 0 Å². The third-order valence-corrected chi connectivity index (χ3v) is 2.03. The van der Waals surface area contributed by atoms with Crippen molar-refractivity contribution >= 4 is 0 Å². The molecule has 1 rings (SSSR count). The van der Waals surface area contributed by atoms with Gasteiger partial charge in [0.15, 0.2) is 0 Å². The van der Waals surface area contributed by atoms with Gasteiger partial charge in [-0.15, -0.1) is 0 Å². The highest BCUT2D eigenvalue weighted by atomic mass is 16.3. The smallest absolute Gasteiger partial charge is 0.0704 e. The Balaban J connectivity index is 2.44. The fourth-order valence-corrected chi connectivity index (χ4v) is 1.07. The first-order valence-corrected chi connectivity index (χ1v) is 3.10. The van der Waals surface area contributed by atoms with E-state index in [1.54, 1.807) is 0 Å². The summed E-state index contributed by atoms with van der Waals surface area (Å²) in [6.45, 7) is 3.10. The fraction of sp³-hybridized carbons (Fsp3) is 1.00. The minimum atomic E-state index is -0.0833. The quantitative estimate of drug-likeness (QED) is 0.483. The van der Waals surface area contributed by atoms with Crippen molar-refractivity contribution in [2.75, 3.05) is 13.6 Å². The van der Waals surface area contributed by atoms with Gasteiger partial charge in [0.25, 0.3) is 0 Å². The Labute approximate surface area is 50.1 Å². The van der Waals surface area contributed by atoms with Crippen molar-refractivity contribution in [3.63, 3.8) is 0 Å². The van der Waals surface area contributed by atoms with Crippen molar-refractivity contribution in [1.29, 1.82) is 0 Å². The average Bonchev–Trinajstić information content (AvgIpc) is 1.98. The van der Waals surface area contributed by atoms with Crippen LogP contribution in [0.3, 0.4) is 0 Å². The third kappa shape index (κ3) is 0.858. The largest absolute Gasteiger partial charge is 0.391 e. The van der Waals surface area contributed by atoms with Gasteiger partial charge < -0.3 is 10.0 Å². The summed E-state index contributed by atoms with van der Waals surface area (Å²) in [4.78, 5) is 2.17. The molecule has 0 aromatic rings. The molecular formula is C6H13NO. The molecule has 1 N–H and O–H groups in total. The lowest BCUT2D eigenvalue weighted by molar-refractivity contribution is 0.137. The number of nitrogens with zero attached hydrogens (tertiary/aromatic N) is 1. The summed E-state index contributed by atoms with van der Waals surface area (Å²) >= 11 is 0. The summed E-state index contributed by atoms with van der Waals surface area (Å²) < 4.78 is 0. The van der Waals surface area contributed by atoms with E-state index in [0.717, 1.165) is 13.0 Å². The standard InChI is InChI=1S/C6H13NO/c1-5-6(8)3-4-7(5)2/h5-6,8H,3-4H2,1-2H3/t5?,6-/m1/s1. The second-order valence-corrected chi connectivity index (χ2v) is 2.58. The van der Waals surface area contributed by atoms with Gasteiger partial charge >= 0.3 is 0 Å². The number of hydrogen-bond acceptors (Lipinski definition) is 2. The summed E-state index contributed by atoms with van der Waals surface area (Å²) in [6.07, 6.45) is 0.859. The highest BCUT2D eigenvalue weighted by Gasteiger charge is 2.25. The van der Waals surface area contributed by atoms with Gasteiger partial charge in [0.05, 0.1) is 6.10 Å². The Kier molecular flexibility index (Phi) is 1.54. The van der Waals surface area contributed by atoms with Crippen LogP contribution in [0, 0.1) is 0 Å². The van der Waals surface area contributed by atoms with E-state index in [-0.39, 0.29) is 6.10 Å². The molecule has 8 heavy (non-hydrogen) atoms. The molecule has 1 aliphatic heterocycles. The van der Waals surface area contributed by atoms with Crippen molar-refractivity contribution in [2.45, 2.75) is 25.5 Å². The molecule has 1 saturated heterocycles. The summed E-state index contributed by atoms with van der Waals surface area (Å²) in [6, 6.07) is 0.370. The number of aliphatic hydroxyl groups is 1. The predicted octanol–water partition coefficient (Wildman–Crippen LogP) is 0.0713. The van der Waals surface area contributed by atoms with Crippen LogP contribution in [-0.4, -0.2) is 35.7 Å². The van der Waals surface area contributed by atoms with E-state index >= 15 is 0 Å². The summed E-state index contributed by atoms with van der Waals surface area (Å²) in [5, 5.41) is 9.13. The van der Waals surface area contributed by atoms with Crippen LogP contribution in [0.15, 0.2) is 0 Å². The Morgan fingerprint density at radius 1 is 1.62 bits per heavy atom. The number of likely N-dealkylation sites (N-methyl/N-ethyl adjacent to an activating group) is 1. The van der Waals surface area contributed by atoms with E-state index in [2.05, 4.69) is 11.8 Å². The first-order chi connectivity index (χ1) is 3.72. The Bertz CT molecular complexity index is 74.6. The molecule has 0 radical (unpaired) electrons. The Morgan fingerprint density at radius 3 is 2.38 bits per heavy atom. The molecule has 1 fully saturated rings. The number of likely N-dealkylation sites (tertiary alicyclic amines) is 1. The minimum Gasteiger partial charge on any atom is -0.391 e. The second kappa shape index (κ2) is 2.03. The minimum absolute atomic E-state index is 0.0833. The van der Waals surface area contributed by atoms with Gasteiger partial charge in [0, 0.05) is 12.6 Å². The van der Waals surface area contributed by atoms with Crippen molar-refractivity contribution in [3.05, 3.63) is 0 Å². The van der Waals surface area contributed by atoms with E-state index in [1.807, 2.05) is 7.05 Å². The van der Waals surface area contributed by atoms with Crippen LogP contribution in [0.5, 0.6) is 0 Å². The van der Waals surface area contributed by atoms with Gasteiger partial charge in [-0.2, -0.15) is 0 Å². The molecule has 0 saturated carbocycles. The van der Waals surface area contributed by atoms with Crippen LogP contribution in [0.4, 0.5) is 0 Å². The van der Waals surface area contributed by atoms with Crippen molar-refractivity contribution < 1.29 is 5.11 Å². The van der Waals surface area contributed by atoms with E-state index in [0.29, 0.717) is 6.04 Å².